The van der Waals surface area contributed by atoms with Gasteiger partial charge in [-0.2, -0.15) is 0 Å². The molecule has 2 amide bonds. The van der Waals surface area contributed by atoms with E-state index in [4.69, 9.17) is 9.47 Å². The highest BCUT2D eigenvalue weighted by Crippen LogP contribution is 2.25. The van der Waals surface area contributed by atoms with Crippen LogP contribution >= 0.6 is 0 Å². The number of para-hydroxylation sites is 2. The average Bonchev–Trinajstić information content (AvgIpc) is 2.76. The minimum atomic E-state index is -0.724. The lowest BCUT2D eigenvalue weighted by Gasteiger charge is -2.29. The Morgan fingerprint density at radius 2 is 1.70 bits per heavy atom. The summed E-state index contributed by atoms with van der Waals surface area (Å²) < 4.78 is 24.1. The Bertz CT molecular complexity index is 841. The van der Waals surface area contributed by atoms with Crippen LogP contribution in [0, 0.1) is 5.82 Å². The number of nitrogens with one attached hydrogen (secondary N) is 1. The lowest BCUT2D eigenvalue weighted by Crippen LogP contribution is -2.50. The van der Waals surface area contributed by atoms with E-state index in [1.54, 1.807) is 43.3 Å². The number of hydrogen-bond donors (Lipinski definition) is 1. The highest BCUT2D eigenvalue weighted by Gasteiger charge is 2.27. The van der Waals surface area contributed by atoms with Crippen LogP contribution in [0.15, 0.2) is 48.5 Å². The fourth-order valence-electron chi connectivity index (χ4n) is 2.80. The molecule has 2 rings (SSSR count). The summed E-state index contributed by atoms with van der Waals surface area (Å²) in [4.78, 5) is 27.1. The van der Waals surface area contributed by atoms with Crippen molar-refractivity contribution in [3.8, 4) is 11.5 Å². The van der Waals surface area contributed by atoms with Crippen molar-refractivity contribution in [2.24, 2.45) is 0 Å². The molecule has 2 aromatic rings. The zero-order chi connectivity index (χ0) is 22.1. The zero-order valence-corrected chi connectivity index (χ0v) is 17.9. The van der Waals surface area contributed by atoms with Gasteiger partial charge in [-0.3, -0.25) is 9.59 Å². The summed E-state index contributed by atoms with van der Waals surface area (Å²) in [5.74, 6) is -0.0300. The third-order valence-electron chi connectivity index (χ3n) is 4.85. The van der Waals surface area contributed by atoms with Crippen molar-refractivity contribution in [1.82, 2.24) is 10.2 Å². The van der Waals surface area contributed by atoms with Gasteiger partial charge in [0, 0.05) is 12.6 Å². The molecule has 162 valence electrons. The molecule has 0 heterocycles. The van der Waals surface area contributed by atoms with Crippen molar-refractivity contribution >= 4 is 11.8 Å². The maximum absolute atomic E-state index is 13.3. The molecular formula is C23H29FN2O4. The van der Waals surface area contributed by atoms with E-state index in [2.05, 4.69) is 5.32 Å². The zero-order valence-electron chi connectivity index (χ0n) is 17.9. The molecule has 6 nitrogen and oxygen atoms in total. The SMILES string of the molecule is CC[C@H](C)NC(=O)[C@@H](C)N(Cc1ccc(F)cc1)C(=O)COc1ccccc1OC. The van der Waals surface area contributed by atoms with Crippen molar-refractivity contribution < 1.29 is 23.5 Å². The number of rotatable bonds is 10. The third kappa shape index (κ3) is 6.47. The van der Waals surface area contributed by atoms with Crippen LogP contribution in [-0.2, 0) is 16.1 Å². The fourth-order valence-corrected chi connectivity index (χ4v) is 2.80. The van der Waals surface area contributed by atoms with Gasteiger partial charge in [-0.1, -0.05) is 31.2 Å². The van der Waals surface area contributed by atoms with E-state index in [1.165, 1.54) is 24.1 Å². The number of benzene rings is 2. The highest BCUT2D eigenvalue weighted by molar-refractivity contribution is 5.88. The van der Waals surface area contributed by atoms with E-state index < -0.39 is 6.04 Å². The van der Waals surface area contributed by atoms with Gasteiger partial charge in [0.15, 0.2) is 18.1 Å². The quantitative estimate of drug-likeness (QED) is 0.643. The molecule has 1 N–H and O–H groups in total. The van der Waals surface area contributed by atoms with E-state index >= 15 is 0 Å². The number of methoxy groups -OCH3 is 1. The third-order valence-corrected chi connectivity index (χ3v) is 4.85. The van der Waals surface area contributed by atoms with Crippen LogP contribution in [-0.4, -0.2) is 42.5 Å². The summed E-state index contributed by atoms with van der Waals surface area (Å²) in [6.07, 6.45) is 0.779. The average molecular weight is 416 g/mol. The fraction of sp³-hybridized carbons (Fsp3) is 0.391. The maximum Gasteiger partial charge on any atom is 0.261 e. The summed E-state index contributed by atoms with van der Waals surface area (Å²) in [5.41, 5.74) is 0.713. The molecule has 0 spiro atoms. The Labute approximate surface area is 177 Å². The molecular weight excluding hydrogens is 387 g/mol. The van der Waals surface area contributed by atoms with Crippen LogP contribution in [0.1, 0.15) is 32.8 Å². The number of nitrogens with zero attached hydrogens (tertiary/aromatic N) is 1. The Hall–Kier alpha value is -3.09. The van der Waals surface area contributed by atoms with Crippen LogP contribution in [0.5, 0.6) is 11.5 Å². The first-order valence-corrected chi connectivity index (χ1v) is 9.95. The van der Waals surface area contributed by atoms with Crippen LogP contribution in [0.4, 0.5) is 4.39 Å². The number of ether oxygens (including phenoxy) is 2. The summed E-state index contributed by atoms with van der Waals surface area (Å²) in [6.45, 7) is 5.44. The lowest BCUT2D eigenvalue weighted by atomic mass is 10.1. The van der Waals surface area contributed by atoms with Gasteiger partial charge >= 0.3 is 0 Å². The second-order valence-corrected chi connectivity index (χ2v) is 7.08. The van der Waals surface area contributed by atoms with E-state index in [0.717, 1.165) is 6.42 Å². The minimum Gasteiger partial charge on any atom is -0.493 e. The highest BCUT2D eigenvalue weighted by atomic mass is 19.1. The van der Waals surface area contributed by atoms with Gasteiger partial charge in [0.05, 0.1) is 7.11 Å². The predicted molar refractivity (Wildman–Crippen MR) is 113 cm³/mol. The predicted octanol–water partition coefficient (Wildman–Crippen LogP) is 3.55. The Morgan fingerprint density at radius 1 is 1.07 bits per heavy atom. The van der Waals surface area contributed by atoms with Crippen molar-refractivity contribution in [2.75, 3.05) is 13.7 Å². The second kappa shape index (κ2) is 11.2. The number of carbonyl (C=O) groups is 2. The van der Waals surface area contributed by atoms with Crippen molar-refractivity contribution in [1.29, 1.82) is 0 Å². The van der Waals surface area contributed by atoms with Crippen LogP contribution in [0.3, 0.4) is 0 Å². The molecule has 0 aromatic heterocycles. The Morgan fingerprint density at radius 3 is 2.30 bits per heavy atom. The van der Waals surface area contributed by atoms with E-state index in [0.29, 0.717) is 17.1 Å². The standard InChI is InChI=1S/C23H29FN2O4/c1-5-16(2)25-23(28)17(3)26(14-18-10-12-19(24)13-11-18)22(27)15-30-21-9-7-6-8-20(21)29-4/h6-13,16-17H,5,14-15H2,1-4H3,(H,25,28)/t16-,17+/m0/s1. The van der Waals surface area contributed by atoms with Crippen molar-refractivity contribution in [3.63, 3.8) is 0 Å². The van der Waals surface area contributed by atoms with Gasteiger partial charge in [0.2, 0.25) is 5.91 Å². The molecule has 0 aliphatic carbocycles. The molecule has 0 aliphatic rings. The molecule has 0 fully saturated rings. The van der Waals surface area contributed by atoms with Crippen LogP contribution < -0.4 is 14.8 Å². The first-order chi connectivity index (χ1) is 14.3. The lowest BCUT2D eigenvalue weighted by molar-refractivity contribution is -0.142. The monoisotopic (exact) mass is 416 g/mol. The minimum absolute atomic E-state index is 0.00690. The summed E-state index contributed by atoms with van der Waals surface area (Å²) >= 11 is 0. The van der Waals surface area contributed by atoms with Gasteiger partial charge in [-0.15, -0.1) is 0 Å². The number of halogens is 1. The normalized spacial score (nSPS) is 12.6. The van der Waals surface area contributed by atoms with E-state index in [9.17, 15) is 14.0 Å². The molecule has 2 aromatic carbocycles. The number of hydrogen-bond acceptors (Lipinski definition) is 4. The molecule has 30 heavy (non-hydrogen) atoms. The molecule has 0 bridgehead atoms. The van der Waals surface area contributed by atoms with Gasteiger partial charge in [0.25, 0.3) is 5.91 Å². The molecule has 0 unspecified atom stereocenters. The van der Waals surface area contributed by atoms with Gasteiger partial charge in [-0.05, 0) is 50.1 Å². The first kappa shape index (κ1) is 23.2. The smallest absolute Gasteiger partial charge is 0.261 e. The van der Waals surface area contributed by atoms with Gasteiger partial charge < -0.3 is 19.7 Å². The largest absolute Gasteiger partial charge is 0.493 e. The van der Waals surface area contributed by atoms with Crippen LogP contribution in [0.25, 0.3) is 0 Å². The van der Waals surface area contributed by atoms with E-state index in [1.807, 2.05) is 13.8 Å². The summed E-state index contributed by atoms with van der Waals surface area (Å²) in [6, 6.07) is 12.1. The maximum atomic E-state index is 13.3. The number of amides is 2. The molecule has 0 saturated heterocycles. The summed E-state index contributed by atoms with van der Waals surface area (Å²) in [5, 5.41) is 2.90. The molecule has 0 aliphatic heterocycles. The van der Waals surface area contributed by atoms with Gasteiger partial charge in [0.1, 0.15) is 11.9 Å². The molecule has 7 heteroatoms. The Balaban J connectivity index is 2.17. The Kier molecular flexibility index (Phi) is 8.65. The van der Waals surface area contributed by atoms with E-state index in [-0.39, 0.29) is 36.8 Å². The topological polar surface area (TPSA) is 67.9 Å². The molecule has 0 saturated carbocycles. The van der Waals surface area contributed by atoms with Crippen molar-refractivity contribution in [2.45, 2.75) is 45.8 Å². The molecule has 2 atom stereocenters. The van der Waals surface area contributed by atoms with Crippen molar-refractivity contribution in [3.05, 3.63) is 59.9 Å². The molecule has 0 radical (unpaired) electrons. The first-order valence-electron chi connectivity index (χ1n) is 9.95. The number of carbonyl (C=O) groups excluding carboxylic acids is 2. The van der Waals surface area contributed by atoms with Crippen LogP contribution in [0.2, 0.25) is 0 Å². The summed E-state index contributed by atoms with van der Waals surface area (Å²) in [7, 11) is 1.52. The van der Waals surface area contributed by atoms with Gasteiger partial charge in [-0.25, -0.2) is 4.39 Å². The second-order valence-electron chi connectivity index (χ2n) is 7.08.